The molecule has 1 unspecified atom stereocenters. The minimum absolute atomic E-state index is 0.113. The Morgan fingerprint density at radius 2 is 1.81 bits per heavy atom. The minimum atomic E-state index is -0.164. The van der Waals surface area contributed by atoms with Gasteiger partial charge in [-0.25, -0.2) is 0 Å². The molecule has 0 aliphatic rings. The number of carbonyl (C=O) groups excluding carboxylic acids is 1. The molecule has 2 rings (SSSR count). The van der Waals surface area contributed by atoms with E-state index in [4.69, 9.17) is 33.3 Å². The van der Waals surface area contributed by atoms with Crippen LogP contribution in [0.3, 0.4) is 0 Å². The normalized spacial score (nSPS) is 11.5. The highest BCUT2D eigenvalue weighted by Crippen LogP contribution is 2.33. The van der Waals surface area contributed by atoms with Crippen LogP contribution in [-0.2, 0) is 16.0 Å². The summed E-state index contributed by atoms with van der Waals surface area (Å²) in [6.45, 7) is 3.51. The molecule has 26 heavy (non-hydrogen) atoms. The van der Waals surface area contributed by atoms with Gasteiger partial charge in [-0.1, -0.05) is 47.5 Å². The van der Waals surface area contributed by atoms with Gasteiger partial charge in [0.15, 0.2) is 5.90 Å². The molecule has 3 N–H and O–H groups in total. The first-order valence-corrected chi connectivity index (χ1v) is 8.88. The molecule has 0 aliphatic heterocycles. The average Bonchev–Trinajstić information content (AvgIpc) is 2.57. The Labute approximate surface area is 163 Å². The molecule has 0 heterocycles. The van der Waals surface area contributed by atoms with Crippen molar-refractivity contribution >= 4 is 46.4 Å². The summed E-state index contributed by atoms with van der Waals surface area (Å²) in [6, 6.07) is 12.7. The van der Waals surface area contributed by atoms with Gasteiger partial charge in [0.05, 0.1) is 28.2 Å². The molecule has 1 amide bonds. The number of benzene rings is 2. The van der Waals surface area contributed by atoms with E-state index in [9.17, 15) is 4.79 Å². The van der Waals surface area contributed by atoms with Crippen molar-refractivity contribution in [3.05, 3.63) is 58.1 Å². The molecule has 138 valence electrons. The second-order valence-electron chi connectivity index (χ2n) is 5.89. The fraction of sp³-hybridized carbons (Fsp3) is 0.263. The summed E-state index contributed by atoms with van der Waals surface area (Å²) in [5, 5.41) is 15.0. The summed E-state index contributed by atoms with van der Waals surface area (Å²) in [7, 11) is 0. The molecule has 0 radical (unpaired) electrons. The molecule has 7 heteroatoms. The molecule has 0 saturated carbocycles. The van der Waals surface area contributed by atoms with Crippen LogP contribution in [0.1, 0.15) is 19.4 Å². The molecule has 2 aromatic carbocycles. The van der Waals surface area contributed by atoms with Gasteiger partial charge in [-0.2, -0.15) is 0 Å². The Bertz CT molecular complexity index is 776. The zero-order valence-electron chi connectivity index (χ0n) is 14.6. The van der Waals surface area contributed by atoms with Gasteiger partial charge in [-0.3, -0.25) is 10.2 Å². The molecule has 1 atom stereocenters. The smallest absolute Gasteiger partial charge is 0.217 e. The number of ether oxygens (including phenoxy) is 1. The molecule has 0 fully saturated rings. The van der Waals surface area contributed by atoms with Crippen LogP contribution in [0.5, 0.6) is 0 Å². The van der Waals surface area contributed by atoms with Crippen molar-refractivity contribution < 1.29 is 9.53 Å². The molecule has 5 nitrogen and oxygen atoms in total. The fourth-order valence-corrected chi connectivity index (χ4v) is 2.88. The highest BCUT2D eigenvalue weighted by molar-refractivity contribution is 6.39. The zero-order chi connectivity index (χ0) is 19.1. The number of para-hydroxylation sites is 2. The summed E-state index contributed by atoms with van der Waals surface area (Å²) in [5.74, 6) is -0.0134. The Morgan fingerprint density at radius 3 is 2.46 bits per heavy atom. The van der Waals surface area contributed by atoms with E-state index in [-0.39, 0.29) is 24.5 Å². The maximum absolute atomic E-state index is 11.0. The largest absolute Gasteiger partial charge is 0.479 e. The highest BCUT2D eigenvalue weighted by Gasteiger charge is 2.11. The first kappa shape index (κ1) is 20.1. The summed E-state index contributed by atoms with van der Waals surface area (Å²) in [5.41, 5.74) is 2.29. The van der Waals surface area contributed by atoms with Gasteiger partial charge in [0.2, 0.25) is 5.91 Å². The van der Waals surface area contributed by atoms with Gasteiger partial charge in [0.25, 0.3) is 0 Å². The van der Waals surface area contributed by atoms with Crippen molar-refractivity contribution in [3.8, 4) is 0 Å². The second kappa shape index (κ2) is 9.46. The van der Waals surface area contributed by atoms with Gasteiger partial charge in [0, 0.05) is 12.6 Å². The van der Waals surface area contributed by atoms with Crippen LogP contribution < -0.4 is 10.6 Å². The van der Waals surface area contributed by atoms with Crippen LogP contribution >= 0.6 is 23.2 Å². The van der Waals surface area contributed by atoms with Crippen molar-refractivity contribution in [3.63, 3.8) is 0 Å². The van der Waals surface area contributed by atoms with E-state index in [1.807, 2.05) is 31.2 Å². The third-order valence-corrected chi connectivity index (χ3v) is 4.18. The zero-order valence-corrected chi connectivity index (χ0v) is 16.1. The summed E-state index contributed by atoms with van der Waals surface area (Å²) in [4.78, 5) is 11.0. The summed E-state index contributed by atoms with van der Waals surface area (Å²) < 4.78 is 5.45. The first-order chi connectivity index (χ1) is 12.4. The van der Waals surface area contributed by atoms with Crippen LogP contribution in [0.4, 0.5) is 11.4 Å². The van der Waals surface area contributed by atoms with Crippen molar-refractivity contribution in [1.82, 2.24) is 5.32 Å². The lowest BCUT2D eigenvalue weighted by Crippen LogP contribution is -2.35. The average molecular weight is 394 g/mol. The Hall–Kier alpha value is -2.24. The molecular formula is C19H21Cl2N3O2. The van der Waals surface area contributed by atoms with Crippen LogP contribution in [0.15, 0.2) is 42.5 Å². The molecular weight excluding hydrogens is 373 g/mol. The number of nitrogens with one attached hydrogen (secondary N) is 3. The van der Waals surface area contributed by atoms with E-state index in [1.165, 1.54) is 6.92 Å². The fourth-order valence-electron chi connectivity index (χ4n) is 2.39. The lowest BCUT2D eigenvalue weighted by molar-refractivity contribution is -0.119. The predicted octanol–water partition coefficient (Wildman–Crippen LogP) is 4.80. The predicted molar refractivity (Wildman–Crippen MR) is 107 cm³/mol. The number of hydrogen-bond acceptors (Lipinski definition) is 4. The topological polar surface area (TPSA) is 74.2 Å². The maximum Gasteiger partial charge on any atom is 0.217 e. The van der Waals surface area contributed by atoms with Gasteiger partial charge in [-0.05, 0) is 30.7 Å². The van der Waals surface area contributed by atoms with Gasteiger partial charge in [0.1, 0.15) is 6.61 Å². The summed E-state index contributed by atoms with van der Waals surface area (Å²) >= 11 is 12.4. The van der Waals surface area contributed by atoms with Crippen LogP contribution in [0.25, 0.3) is 0 Å². The third-order valence-electron chi connectivity index (χ3n) is 3.55. The van der Waals surface area contributed by atoms with E-state index in [0.29, 0.717) is 22.2 Å². The number of anilines is 2. The monoisotopic (exact) mass is 393 g/mol. The van der Waals surface area contributed by atoms with E-state index < -0.39 is 0 Å². The molecule has 0 spiro atoms. The first-order valence-electron chi connectivity index (χ1n) is 8.13. The van der Waals surface area contributed by atoms with E-state index in [2.05, 4.69) is 10.6 Å². The van der Waals surface area contributed by atoms with E-state index in [0.717, 1.165) is 11.3 Å². The van der Waals surface area contributed by atoms with Gasteiger partial charge >= 0.3 is 0 Å². The molecule has 2 aromatic rings. The Balaban J connectivity index is 2.05. The number of hydrogen-bond donors (Lipinski definition) is 3. The van der Waals surface area contributed by atoms with Crippen molar-refractivity contribution in [2.45, 2.75) is 26.3 Å². The van der Waals surface area contributed by atoms with Gasteiger partial charge in [-0.15, -0.1) is 0 Å². The molecule has 0 saturated heterocycles. The van der Waals surface area contributed by atoms with Gasteiger partial charge < -0.3 is 15.4 Å². The quantitative estimate of drug-likeness (QED) is 0.467. The lowest BCUT2D eigenvalue weighted by atomic mass is 10.1. The molecule has 0 aliphatic carbocycles. The Kier molecular flexibility index (Phi) is 7.30. The highest BCUT2D eigenvalue weighted by atomic mass is 35.5. The molecule has 0 aromatic heterocycles. The lowest BCUT2D eigenvalue weighted by Gasteiger charge is -2.16. The molecule has 0 bridgehead atoms. The Morgan fingerprint density at radius 1 is 1.15 bits per heavy atom. The number of carbonyl (C=O) groups is 1. The van der Waals surface area contributed by atoms with Crippen molar-refractivity contribution in [2.75, 3.05) is 11.9 Å². The van der Waals surface area contributed by atoms with Crippen molar-refractivity contribution in [2.24, 2.45) is 0 Å². The SMILES string of the molecule is CC(=O)NC(C)COC(=N)Cc1ccccc1Nc1c(Cl)cccc1Cl. The van der Waals surface area contributed by atoms with Crippen molar-refractivity contribution in [1.29, 1.82) is 5.41 Å². The second-order valence-corrected chi connectivity index (χ2v) is 6.71. The van der Waals surface area contributed by atoms with Crippen LogP contribution in [0, 0.1) is 5.41 Å². The van der Waals surface area contributed by atoms with Crippen LogP contribution in [-0.4, -0.2) is 24.5 Å². The maximum atomic E-state index is 11.0. The van der Waals surface area contributed by atoms with E-state index >= 15 is 0 Å². The third kappa shape index (κ3) is 5.93. The minimum Gasteiger partial charge on any atom is -0.479 e. The summed E-state index contributed by atoms with van der Waals surface area (Å²) in [6.07, 6.45) is 0.304. The standard InChI is InChI=1S/C19H21Cl2N3O2/c1-12(23-13(2)25)11-26-18(22)10-14-6-3-4-9-17(14)24-19-15(20)7-5-8-16(19)21/h3-9,12,22,24H,10-11H2,1-2H3,(H,23,25). The number of amides is 1. The van der Waals surface area contributed by atoms with E-state index in [1.54, 1.807) is 18.2 Å². The number of halogens is 2. The van der Waals surface area contributed by atoms with Crippen LogP contribution in [0.2, 0.25) is 10.0 Å². The number of rotatable bonds is 7.